The molecule has 0 spiro atoms. The number of carbonyl (C=O) groups excluding carboxylic acids is 1. The summed E-state index contributed by atoms with van der Waals surface area (Å²) in [5.41, 5.74) is 0.598. The standard InChI is InChI=1S/C14H9ClINO4/c15-9-5-8(14(20)21)2-4-11(9)17-13(19)7-1-3-10(16)12(18)6-7/h1-6,18H,(H,17,19)(H,20,21). The van der Waals surface area contributed by atoms with Crippen molar-refractivity contribution < 1.29 is 19.8 Å². The molecule has 0 unspecified atom stereocenters. The van der Waals surface area contributed by atoms with Crippen molar-refractivity contribution in [1.82, 2.24) is 0 Å². The third-order valence-electron chi connectivity index (χ3n) is 2.67. The van der Waals surface area contributed by atoms with Crippen molar-refractivity contribution in [2.45, 2.75) is 0 Å². The Morgan fingerprint density at radius 1 is 1.10 bits per heavy atom. The van der Waals surface area contributed by atoms with E-state index in [-0.39, 0.29) is 21.9 Å². The van der Waals surface area contributed by atoms with Gasteiger partial charge in [0, 0.05) is 5.56 Å². The van der Waals surface area contributed by atoms with Gasteiger partial charge >= 0.3 is 5.97 Å². The largest absolute Gasteiger partial charge is 0.507 e. The minimum Gasteiger partial charge on any atom is -0.507 e. The van der Waals surface area contributed by atoms with E-state index >= 15 is 0 Å². The number of rotatable bonds is 3. The maximum absolute atomic E-state index is 12.0. The molecule has 2 aromatic rings. The second-order valence-corrected chi connectivity index (χ2v) is 5.69. The Morgan fingerprint density at radius 2 is 1.76 bits per heavy atom. The topological polar surface area (TPSA) is 86.6 Å². The molecule has 3 N–H and O–H groups in total. The number of carboxylic acid groups (broad SMARTS) is 1. The van der Waals surface area contributed by atoms with E-state index in [2.05, 4.69) is 5.32 Å². The van der Waals surface area contributed by atoms with E-state index in [4.69, 9.17) is 16.7 Å². The van der Waals surface area contributed by atoms with Crippen LogP contribution in [-0.2, 0) is 0 Å². The molecular weight excluding hydrogens is 409 g/mol. The SMILES string of the molecule is O=C(O)c1ccc(NC(=O)c2ccc(I)c(O)c2)c(Cl)c1. The van der Waals surface area contributed by atoms with Crippen LogP contribution in [0.4, 0.5) is 5.69 Å². The molecule has 0 saturated heterocycles. The lowest BCUT2D eigenvalue weighted by molar-refractivity contribution is 0.0696. The number of halogens is 2. The average Bonchev–Trinajstić information content (AvgIpc) is 2.43. The fourth-order valence-corrected chi connectivity index (χ4v) is 2.16. The highest BCUT2D eigenvalue weighted by Crippen LogP contribution is 2.25. The summed E-state index contributed by atoms with van der Waals surface area (Å²) in [5, 5.41) is 21.1. The third-order valence-corrected chi connectivity index (χ3v) is 3.90. The van der Waals surface area contributed by atoms with Crippen LogP contribution < -0.4 is 5.32 Å². The number of phenolic OH excluding ortho intramolecular Hbond substituents is 1. The zero-order valence-electron chi connectivity index (χ0n) is 10.4. The van der Waals surface area contributed by atoms with Crippen molar-refractivity contribution in [2.75, 3.05) is 5.32 Å². The summed E-state index contributed by atoms with van der Waals surface area (Å²) >= 11 is 7.88. The number of phenols is 1. The molecule has 0 atom stereocenters. The maximum atomic E-state index is 12.0. The van der Waals surface area contributed by atoms with Gasteiger partial charge in [-0.25, -0.2) is 4.79 Å². The number of aromatic carboxylic acids is 1. The summed E-state index contributed by atoms with van der Waals surface area (Å²) in [5.74, 6) is -1.54. The summed E-state index contributed by atoms with van der Waals surface area (Å²) in [6.45, 7) is 0. The number of nitrogens with one attached hydrogen (secondary N) is 1. The van der Waals surface area contributed by atoms with Crippen molar-refractivity contribution in [3.05, 3.63) is 56.1 Å². The summed E-state index contributed by atoms with van der Waals surface area (Å²) in [6, 6.07) is 8.53. The monoisotopic (exact) mass is 417 g/mol. The zero-order chi connectivity index (χ0) is 15.6. The van der Waals surface area contributed by atoms with E-state index in [1.165, 1.54) is 24.3 Å². The van der Waals surface area contributed by atoms with Crippen LogP contribution in [0, 0.1) is 3.57 Å². The Balaban J connectivity index is 2.23. The number of carboxylic acids is 1. The highest BCUT2D eigenvalue weighted by molar-refractivity contribution is 14.1. The fourth-order valence-electron chi connectivity index (χ4n) is 1.60. The lowest BCUT2D eigenvalue weighted by atomic mass is 10.1. The molecule has 108 valence electrons. The molecule has 21 heavy (non-hydrogen) atoms. The molecule has 0 aliphatic heterocycles. The first-order valence-electron chi connectivity index (χ1n) is 5.71. The first kappa shape index (κ1) is 15.6. The second kappa shape index (κ2) is 6.31. The van der Waals surface area contributed by atoms with Crippen LogP contribution >= 0.6 is 34.2 Å². The first-order valence-corrected chi connectivity index (χ1v) is 7.17. The molecule has 0 bridgehead atoms. The van der Waals surface area contributed by atoms with Gasteiger partial charge in [0.05, 0.1) is 19.8 Å². The Labute approximate surface area is 138 Å². The van der Waals surface area contributed by atoms with Gasteiger partial charge in [-0.05, 0) is 59.0 Å². The number of anilines is 1. The number of hydrogen-bond acceptors (Lipinski definition) is 3. The van der Waals surface area contributed by atoms with Crippen LogP contribution in [0.3, 0.4) is 0 Å². The van der Waals surface area contributed by atoms with Crippen LogP contribution in [-0.4, -0.2) is 22.1 Å². The van der Waals surface area contributed by atoms with Crippen molar-refractivity contribution in [3.8, 4) is 5.75 Å². The second-order valence-electron chi connectivity index (χ2n) is 4.12. The Hall–Kier alpha value is -1.80. The average molecular weight is 418 g/mol. The summed E-state index contributed by atoms with van der Waals surface area (Å²) < 4.78 is 0.632. The zero-order valence-corrected chi connectivity index (χ0v) is 13.3. The number of hydrogen-bond donors (Lipinski definition) is 3. The van der Waals surface area contributed by atoms with E-state index in [9.17, 15) is 14.7 Å². The number of amides is 1. The molecule has 2 aromatic carbocycles. The molecule has 2 rings (SSSR count). The van der Waals surface area contributed by atoms with E-state index in [0.717, 1.165) is 0 Å². The van der Waals surface area contributed by atoms with Crippen LogP contribution in [0.5, 0.6) is 5.75 Å². The molecule has 0 heterocycles. The van der Waals surface area contributed by atoms with Gasteiger partial charge in [-0.3, -0.25) is 4.79 Å². The maximum Gasteiger partial charge on any atom is 0.335 e. The van der Waals surface area contributed by atoms with Gasteiger partial charge in [-0.15, -0.1) is 0 Å². The normalized spacial score (nSPS) is 10.2. The molecule has 0 saturated carbocycles. The van der Waals surface area contributed by atoms with Gasteiger partial charge in [0.1, 0.15) is 5.75 Å². The molecule has 0 fully saturated rings. The molecule has 0 aliphatic carbocycles. The molecule has 5 nitrogen and oxygen atoms in total. The predicted molar refractivity (Wildman–Crippen MR) is 87.2 cm³/mol. The van der Waals surface area contributed by atoms with E-state index in [1.54, 1.807) is 12.1 Å². The van der Waals surface area contributed by atoms with Crippen LogP contribution in [0.15, 0.2) is 36.4 Å². The van der Waals surface area contributed by atoms with Crippen molar-refractivity contribution in [1.29, 1.82) is 0 Å². The Bertz CT molecular complexity index is 733. The molecular formula is C14H9ClINO4. The third kappa shape index (κ3) is 3.64. The van der Waals surface area contributed by atoms with E-state index < -0.39 is 11.9 Å². The van der Waals surface area contributed by atoms with Crippen LogP contribution in [0.2, 0.25) is 5.02 Å². The minimum atomic E-state index is -1.10. The lowest BCUT2D eigenvalue weighted by Crippen LogP contribution is -2.12. The number of carbonyl (C=O) groups is 2. The van der Waals surface area contributed by atoms with Gasteiger partial charge in [0.15, 0.2) is 0 Å². The molecule has 0 radical (unpaired) electrons. The van der Waals surface area contributed by atoms with Crippen LogP contribution in [0.1, 0.15) is 20.7 Å². The molecule has 1 amide bonds. The van der Waals surface area contributed by atoms with Crippen molar-refractivity contribution in [3.63, 3.8) is 0 Å². The minimum absolute atomic E-state index is 0.00979. The van der Waals surface area contributed by atoms with Crippen LogP contribution in [0.25, 0.3) is 0 Å². The number of aromatic hydroxyl groups is 1. The number of benzene rings is 2. The summed E-state index contributed by atoms with van der Waals surface area (Å²) in [4.78, 5) is 22.9. The first-order chi connectivity index (χ1) is 9.88. The van der Waals surface area contributed by atoms with Gasteiger partial charge in [0.2, 0.25) is 0 Å². The quantitative estimate of drug-likeness (QED) is 0.666. The van der Waals surface area contributed by atoms with Gasteiger partial charge in [-0.2, -0.15) is 0 Å². The van der Waals surface area contributed by atoms with Gasteiger partial charge < -0.3 is 15.5 Å². The summed E-state index contributed by atoms with van der Waals surface area (Å²) in [6.07, 6.45) is 0. The van der Waals surface area contributed by atoms with Gasteiger partial charge in [-0.1, -0.05) is 11.6 Å². The molecule has 7 heteroatoms. The van der Waals surface area contributed by atoms with E-state index in [0.29, 0.717) is 9.26 Å². The Morgan fingerprint density at radius 3 is 2.33 bits per heavy atom. The van der Waals surface area contributed by atoms with Crippen molar-refractivity contribution >= 4 is 51.8 Å². The highest BCUT2D eigenvalue weighted by Gasteiger charge is 2.12. The van der Waals surface area contributed by atoms with E-state index in [1.807, 2.05) is 22.6 Å². The lowest BCUT2D eigenvalue weighted by Gasteiger charge is -2.08. The molecule has 0 aliphatic rings. The fraction of sp³-hybridized carbons (Fsp3) is 0. The smallest absolute Gasteiger partial charge is 0.335 e. The Kier molecular flexibility index (Phi) is 4.69. The van der Waals surface area contributed by atoms with Gasteiger partial charge in [0.25, 0.3) is 5.91 Å². The molecule has 0 aromatic heterocycles. The highest BCUT2D eigenvalue weighted by atomic mass is 127. The predicted octanol–water partition coefficient (Wildman–Crippen LogP) is 3.60. The van der Waals surface area contributed by atoms with Crippen molar-refractivity contribution in [2.24, 2.45) is 0 Å². The summed E-state index contributed by atoms with van der Waals surface area (Å²) in [7, 11) is 0.